The van der Waals surface area contributed by atoms with Crippen molar-refractivity contribution in [2.24, 2.45) is 0 Å². The monoisotopic (exact) mass is 421 g/mol. The minimum Gasteiger partial charge on any atom is -0.326 e. The molecule has 1 N–H and O–H groups in total. The van der Waals surface area contributed by atoms with E-state index >= 15 is 0 Å². The molecule has 2 heterocycles. The van der Waals surface area contributed by atoms with Crippen molar-refractivity contribution in [3.63, 3.8) is 0 Å². The molecule has 0 bridgehead atoms. The van der Waals surface area contributed by atoms with Gasteiger partial charge in [0.25, 0.3) is 0 Å². The molecule has 7 heteroatoms. The van der Waals surface area contributed by atoms with Crippen molar-refractivity contribution in [1.82, 2.24) is 19.8 Å². The van der Waals surface area contributed by atoms with Gasteiger partial charge in [-0.05, 0) is 48.9 Å². The topological polar surface area (TPSA) is 72.2 Å². The SMILES string of the molecule is Cc1nnc2ccc(-c3ccc(NC(=O)Cc4ccc(Br)cc4)cc3)nn12. The zero-order valence-electron chi connectivity index (χ0n) is 14.6. The van der Waals surface area contributed by atoms with E-state index in [1.807, 2.05) is 67.6 Å². The van der Waals surface area contributed by atoms with Gasteiger partial charge in [-0.25, -0.2) is 0 Å². The van der Waals surface area contributed by atoms with Crippen molar-refractivity contribution in [3.8, 4) is 11.3 Å². The molecule has 6 nitrogen and oxygen atoms in total. The van der Waals surface area contributed by atoms with Gasteiger partial charge in [0.2, 0.25) is 5.91 Å². The maximum absolute atomic E-state index is 12.2. The van der Waals surface area contributed by atoms with Crippen LogP contribution in [0.15, 0.2) is 65.1 Å². The number of aryl methyl sites for hydroxylation is 1. The summed E-state index contributed by atoms with van der Waals surface area (Å²) in [4.78, 5) is 12.2. The molecule has 2 aromatic heterocycles. The molecule has 0 spiro atoms. The second kappa shape index (κ2) is 7.28. The van der Waals surface area contributed by atoms with E-state index in [1.165, 1.54) is 0 Å². The van der Waals surface area contributed by atoms with Crippen LogP contribution in [0.3, 0.4) is 0 Å². The van der Waals surface area contributed by atoms with Crippen LogP contribution in [0.5, 0.6) is 0 Å². The van der Waals surface area contributed by atoms with Gasteiger partial charge in [0, 0.05) is 15.7 Å². The number of anilines is 1. The number of nitrogens with one attached hydrogen (secondary N) is 1. The lowest BCUT2D eigenvalue weighted by Gasteiger charge is -2.07. The van der Waals surface area contributed by atoms with Gasteiger partial charge in [-0.15, -0.1) is 10.2 Å². The second-order valence-electron chi connectivity index (χ2n) is 6.16. The summed E-state index contributed by atoms with van der Waals surface area (Å²) < 4.78 is 2.71. The van der Waals surface area contributed by atoms with Crippen LogP contribution in [-0.4, -0.2) is 25.7 Å². The van der Waals surface area contributed by atoms with E-state index < -0.39 is 0 Å². The molecule has 134 valence electrons. The number of amides is 1. The molecule has 1 amide bonds. The molecular weight excluding hydrogens is 406 g/mol. The third kappa shape index (κ3) is 3.88. The molecule has 0 fully saturated rings. The number of fused-ring (bicyclic) bond motifs is 1. The Hall–Kier alpha value is -3.06. The van der Waals surface area contributed by atoms with E-state index in [4.69, 9.17) is 0 Å². The lowest BCUT2D eigenvalue weighted by molar-refractivity contribution is -0.115. The van der Waals surface area contributed by atoms with E-state index in [0.29, 0.717) is 12.1 Å². The smallest absolute Gasteiger partial charge is 0.228 e. The number of carbonyl (C=O) groups excluding carboxylic acids is 1. The van der Waals surface area contributed by atoms with E-state index in [-0.39, 0.29) is 5.91 Å². The van der Waals surface area contributed by atoms with Crippen LogP contribution in [0, 0.1) is 6.92 Å². The Balaban J connectivity index is 1.47. The van der Waals surface area contributed by atoms with Crippen molar-refractivity contribution < 1.29 is 4.79 Å². The molecule has 0 aliphatic heterocycles. The highest BCUT2D eigenvalue weighted by molar-refractivity contribution is 9.10. The molecular formula is C20H16BrN5O. The van der Waals surface area contributed by atoms with Gasteiger partial charge in [-0.1, -0.05) is 40.2 Å². The zero-order chi connectivity index (χ0) is 18.8. The maximum Gasteiger partial charge on any atom is 0.228 e. The molecule has 0 saturated carbocycles. The number of halogens is 1. The average Bonchev–Trinajstić information content (AvgIpc) is 3.05. The maximum atomic E-state index is 12.2. The van der Waals surface area contributed by atoms with Gasteiger partial charge in [0.15, 0.2) is 11.5 Å². The van der Waals surface area contributed by atoms with E-state index in [0.717, 1.165) is 32.8 Å². The molecule has 0 unspecified atom stereocenters. The highest BCUT2D eigenvalue weighted by atomic mass is 79.9. The van der Waals surface area contributed by atoms with Crippen LogP contribution in [0.25, 0.3) is 16.9 Å². The first-order valence-electron chi connectivity index (χ1n) is 8.42. The number of nitrogens with zero attached hydrogens (tertiary/aromatic N) is 4. The first kappa shape index (κ1) is 17.4. The summed E-state index contributed by atoms with van der Waals surface area (Å²) in [5.41, 5.74) is 4.21. The third-order valence-electron chi connectivity index (χ3n) is 4.16. The summed E-state index contributed by atoms with van der Waals surface area (Å²) >= 11 is 3.39. The average molecular weight is 422 g/mol. The van der Waals surface area contributed by atoms with Gasteiger partial charge in [-0.2, -0.15) is 9.61 Å². The van der Waals surface area contributed by atoms with Gasteiger partial charge < -0.3 is 5.32 Å². The fraction of sp³-hybridized carbons (Fsp3) is 0.100. The Morgan fingerprint density at radius 3 is 2.48 bits per heavy atom. The summed E-state index contributed by atoms with van der Waals surface area (Å²) in [6, 6.07) is 19.1. The number of benzene rings is 2. The van der Waals surface area contributed by atoms with Crippen LogP contribution in [0.4, 0.5) is 5.69 Å². The Labute approximate surface area is 164 Å². The molecule has 2 aromatic carbocycles. The quantitative estimate of drug-likeness (QED) is 0.539. The predicted molar refractivity (Wildman–Crippen MR) is 107 cm³/mol. The molecule has 0 atom stereocenters. The largest absolute Gasteiger partial charge is 0.326 e. The van der Waals surface area contributed by atoms with E-state index in [9.17, 15) is 4.79 Å². The van der Waals surface area contributed by atoms with Crippen LogP contribution >= 0.6 is 15.9 Å². The standard InChI is InChI=1S/C20H16BrN5O/c1-13-23-24-19-11-10-18(25-26(13)19)15-4-8-17(9-5-15)22-20(27)12-14-2-6-16(21)7-3-14/h2-11H,12H2,1H3,(H,22,27). The van der Waals surface area contributed by atoms with Gasteiger partial charge in [0.1, 0.15) is 0 Å². The molecule has 4 aromatic rings. The Kier molecular flexibility index (Phi) is 4.68. The minimum absolute atomic E-state index is 0.0512. The van der Waals surface area contributed by atoms with Crippen LogP contribution in [0.2, 0.25) is 0 Å². The zero-order valence-corrected chi connectivity index (χ0v) is 16.1. The van der Waals surface area contributed by atoms with Crippen LogP contribution in [0.1, 0.15) is 11.4 Å². The molecule has 0 saturated heterocycles. The molecule has 27 heavy (non-hydrogen) atoms. The fourth-order valence-corrected chi connectivity index (χ4v) is 3.03. The summed E-state index contributed by atoms with van der Waals surface area (Å²) in [5.74, 6) is 0.688. The molecule has 4 rings (SSSR count). The minimum atomic E-state index is -0.0512. The highest BCUT2D eigenvalue weighted by Gasteiger charge is 2.07. The summed E-state index contributed by atoms with van der Waals surface area (Å²) in [5, 5.41) is 15.5. The number of rotatable bonds is 4. The summed E-state index contributed by atoms with van der Waals surface area (Å²) in [7, 11) is 0. The lowest BCUT2D eigenvalue weighted by Crippen LogP contribution is -2.14. The van der Waals surface area contributed by atoms with Crippen LogP contribution < -0.4 is 5.32 Å². The second-order valence-corrected chi connectivity index (χ2v) is 7.08. The number of hydrogen-bond acceptors (Lipinski definition) is 4. The predicted octanol–water partition coefficient (Wildman–Crippen LogP) is 4.04. The van der Waals surface area contributed by atoms with E-state index in [1.54, 1.807) is 4.52 Å². The van der Waals surface area contributed by atoms with Crippen molar-refractivity contribution in [2.75, 3.05) is 5.32 Å². The van der Waals surface area contributed by atoms with Crippen LogP contribution in [-0.2, 0) is 11.2 Å². The number of hydrogen-bond donors (Lipinski definition) is 1. The first-order valence-corrected chi connectivity index (χ1v) is 9.21. The van der Waals surface area contributed by atoms with Gasteiger partial charge in [0.05, 0.1) is 12.1 Å². The van der Waals surface area contributed by atoms with Crippen molar-refractivity contribution >= 4 is 33.2 Å². The highest BCUT2D eigenvalue weighted by Crippen LogP contribution is 2.20. The van der Waals surface area contributed by atoms with Gasteiger partial charge in [-0.3, -0.25) is 4.79 Å². The third-order valence-corrected chi connectivity index (χ3v) is 4.69. The fourth-order valence-electron chi connectivity index (χ4n) is 2.77. The number of aromatic nitrogens is 4. The van der Waals surface area contributed by atoms with E-state index in [2.05, 4.69) is 36.5 Å². The Morgan fingerprint density at radius 1 is 1.00 bits per heavy atom. The summed E-state index contributed by atoms with van der Waals surface area (Å²) in [6.45, 7) is 1.86. The van der Waals surface area contributed by atoms with Gasteiger partial charge >= 0.3 is 0 Å². The normalized spacial score (nSPS) is 10.9. The Bertz CT molecular complexity index is 1100. The van der Waals surface area contributed by atoms with Crippen molar-refractivity contribution in [3.05, 3.63) is 76.5 Å². The van der Waals surface area contributed by atoms with Crippen molar-refractivity contribution in [2.45, 2.75) is 13.3 Å². The van der Waals surface area contributed by atoms with Crippen molar-refractivity contribution in [1.29, 1.82) is 0 Å². The molecule has 0 radical (unpaired) electrons. The number of carbonyl (C=O) groups is 1. The lowest BCUT2D eigenvalue weighted by atomic mass is 10.1. The first-order chi connectivity index (χ1) is 13.1. The summed E-state index contributed by atoms with van der Waals surface area (Å²) in [6.07, 6.45) is 0.333. The molecule has 0 aliphatic rings. The Morgan fingerprint density at radius 2 is 1.74 bits per heavy atom. The molecule has 0 aliphatic carbocycles.